The van der Waals surface area contributed by atoms with E-state index in [1.165, 1.54) is 0 Å². The lowest BCUT2D eigenvalue weighted by atomic mass is 10.1. The Kier molecular flexibility index (Phi) is 5.07. The molecule has 1 N–H and O–H groups in total. The highest BCUT2D eigenvalue weighted by Crippen LogP contribution is 2.13. The fourth-order valence-corrected chi connectivity index (χ4v) is 2.14. The second-order valence-corrected chi connectivity index (χ2v) is 4.85. The number of hydrogen-bond acceptors (Lipinski definition) is 3. The van der Waals surface area contributed by atoms with Crippen LogP contribution in [0.3, 0.4) is 0 Å². The number of hydrogen-bond donors (Lipinski definition) is 2. The maximum absolute atomic E-state index is 12.0. The molecule has 0 heterocycles. The molecular formula is C16H17NO2S. The van der Waals surface area contributed by atoms with Gasteiger partial charge in [-0.3, -0.25) is 4.79 Å². The van der Waals surface area contributed by atoms with Crippen LogP contribution in [-0.2, 0) is 6.42 Å². The summed E-state index contributed by atoms with van der Waals surface area (Å²) in [5, 5.41) is 2.90. The normalized spacial score (nSPS) is 10.1. The average Bonchev–Trinajstić information content (AvgIpc) is 2.48. The zero-order valence-corrected chi connectivity index (χ0v) is 12.2. The van der Waals surface area contributed by atoms with Crippen LogP contribution in [0.2, 0.25) is 0 Å². The molecule has 0 saturated heterocycles. The number of carbonyl (C=O) groups is 1. The number of benzene rings is 2. The van der Waals surface area contributed by atoms with Gasteiger partial charge in [0.05, 0.1) is 12.7 Å². The van der Waals surface area contributed by atoms with Gasteiger partial charge in [-0.25, -0.2) is 0 Å². The van der Waals surface area contributed by atoms with Crippen LogP contribution in [0.15, 0.2) is 53.4 Å². The van der Waals surface area contributed by atoms with Gasteiger partial charge >= 0.3 is 0 Å². The van der Waals surface area contributed by atoms with Crippen LogP contribution in [0.1, 0.15) is 15.9 Å². The minimum absolute atomic E-state index is 0.0934. The van der Waals surface area contributed by atoms with E-state index in [9.17, 15) is 4.79 Å². The Morgan fingerprint density at radius 3 is 2.50 bits per heavy atom. The second-order valence-electron chi connectivity index (χ2n) is 4.37. The van der Waals surface area contributed by atoms with Gasteiger partial charge in [0.1, 0.15) is 5.75 Å². The molecule has 2 aromatic rings. The third-order valence-electron chi connectivity index (χ3n) is 3.01. The number of amides is 1. The van der Waals surface area contributed by atoms with Gasteiger partial charge in [-0.05, 0) is 36.2 Å². The Balaban J connectivity index is 1.86. The van der Waals surface area contributed by atoms with Gasteiger partial charge in [0.25, 0.3) is 5.91 Å². The van der Waals surface area contributed by atoms with Crippen LogP contribution in [-0.4, -0.2) is 19.6 Å². The summed E-state index contributed by atoms with van der Waals surface area (Å²) in [4.78, 5) is 12.7. The monoisotopic (exact) mass is 287 g/mol. The van der Waals surface area contributed by atoms with E-state index >= 15 is 0 Å². The van der Waals surface area contributed by atoms with Gasteiger partial charge < -0.3 is 10.1 Å². The number of ether oxygens (including phenoxy) is 1. The van der Waals surface area contributed by atoms with Crippen molar-refractivity contribution >= 4 is 18.5 Å². The van der Waals surface area contributed by atoms with E-state index in [1.807, 2.05) is 42.5 Å². The number of rotatable bonds is 5. The lowest BCUT2D eigenvalue weighted by Gasteiger charge is -2.07. The van der Waals surface area contributed by atoms with E-state index in [1.54, 1.807) is 13.2 Å². The zero-order valence-electron chi connectivity index (χ0n) is 11.3. The lowest BCUT2D eigenvalue weighted by molar-refractivity contribution is 0.0951. The summed E-state index contributed by atoms with van der Waals surface area (Å²) in [5.74, 6) is 0.742. The van der Waals surface area contributed by atoms with E-state index in [2.05, 4.69) is 17.9 Å². The predicted octanol–water partition coefficient (Wildman–Crippen LogP) is 2.96. The van der Waals surface area contributed by atoms with E-state index in [0.717, 1.165) is 17.7 Å². The highest BCUT2D eigenvalue weighted by atomic mass is 32.1. The zero-order chi connectivity index (χ0) is 14.4. The first-order valence-electron chi connectivity index (χ1n) is 6.40. The summed E-state index contributed by atoms with van der Waals surface area (Å²) < 4.78 is 5.10. The number of thiol groups is 1. The summed E-state index contributed by atoms with van der Waals surface area (Å²) in [6.07, 6.45) is 0.782. The molecule has 1 amide bonds. The van der Waals surface area contributed by atoms with E-state index in [-0.39, 0.29) is 5.91 Å². The maximum atomic E-state index is 12.0. The van der Waals surface area contributed by atoms with Gasteiger partial charge in [0, 0.05) is 11.4 Å². The molecule has 0 unspecified atom stereocenters. The van der Waals surface area contributed by atoms with Crippen molar-refractivity contribution in [2.24, 2.45) is 0 Å². The van der Waals surface area contributed by atoms with Crippen LogP contribution in [0.4, 0.5) is 0 Å². The molecule has 4 heteroatoms. The van der Waals surface area contributed by atoms with Gasteiger partial charge in [0.15, 0.2) is 0 Å². The minimum Gasteiger partial charge on any atom is -0.497 e. The molecule has 0 radical (unpaired) electrons. The highest BCUT2D eigenvalue weighted by Gasteiger charge is 2.07. The fourth-order valence-electron chi connectivity index (χ4n) is 1.87. The molecular weight excluding hydrogens is 270 g/mol. The molecule has 0 atom stereocenters. The summed E-state index contributed by atoms with van der Waals surface area (Å²) in [5.41, 5.74) is 1.76. The van der Waals surface area contributed by atoms with E-state index in [0.29, 0.717) is 17.0 Å². The maximum Gasteiger partial charge on any atom is 0.252 e. The molecule has 0 aliphatic carbocycles. The Morgan fingerprint density at radius 2 is 1.85 bits per heavy atom. The van der Waals surface area contributed by atoms with Crippen molar-refractivity contribution in [3.05, 3.63) is 59.7 Å². The van der Waals surface area contributed by atoms with Crippen molar-refractivity contribution in [2.45, 2.75) is 11.3 Å². The smallest absolute Gasteiger partial charge is 0.252 e. The van der Waals surface area contributed by atoms with Crippen LogP contribution in [0.5, 0.6) is 5.75 Å². The first-order valence-corrected chi connectivity index (χ1v) is 6.84. The third-order valence-corrected chi connectivity index (χ3v) is 3.40. The van der Waals surface area contributed by atoms with Crippen molar-refractivity contribution in [2.75, 3.05) is 13.7 Å². The molecule has 0 saturated carbocycles. The van der Waals surface area contributed by atoms with Crippen molar-refractivity contribution in [1.82, 2.24) is 5.32 Å². The van der Waals surface area contributed by atoms with Gasteiger partial charge in [-0.15, -0.1) is 12.6 Å². The largest absolute Gasteiger partial charge is 0.497 e. The Labute approximate surface area is 124 Å². The lowest BCUT2D eigenvalue weighted by Crippen LogP contribution is -2.26. The van der Waals surface area contributed by atoms with Crippen molar-refractivity contribution in [3.8, 4) is 5.75 Å². The molecule has 0 fully saturated rings. The molecule has 0 aromatic heterocycles. The van der Waals surface area contributed by atoms with Gasteiger partial charge in [-0.1, -0.05) is 24.3 Å². The molecule has 20 heavy (non-hydrogen) atoms. The summed E-state index contributed by atoms with van der Waals surface area (Å²) in [7, 11) is 1.64. The predicted molar refractivity (Wildman–Crippen MR) is 82.7 cm³/mol. The van der Waals surface area contributed by atoms with Crippen LogP contribution < -0.4 is 10.1 Å². The SMILES string of the molecule is COc1ccc(CCNC(=O)c2ccccc2S)cc1. The summed E-state index contributed by atoms with van der Waals surface area (Å²) >= 11 is 4.28. The quantitative estimate of drug-likeness (QED) is 0.830. The number of methoxy groups -OCH3 is 1. The topological polar surface area (TPSA) is 38.3 Å². The van der Waals surface area contributed by atoms with Gasteiger partial charge in [-0.2, -0.15) is 0 Å². The molecule has 0 spiro atoms. The number of carbonyl (C=O) groups excluding carboxylic acids is 1. The van der Waals surface area contributed by atoms with E-state index in [4.69, 9.17) is 4.74 Å². The minimum atomic E-state index is -0.0934. The first kappa shape index (κ1) is 14.5. The fraction of sp³-hybridized carbons (Fsp3) is 0.188. The third kappa shape index (κ3) is 3.78. The molecule has 0 aliphatic rings. The van der Waals surface area contributed by atoms with E-state index < -0.39 is 0 Å². The standard InChI is InChI=1S/C16H17NO2S/c1-19-13-8-6-12(7-9-13)10-11-17-16(18)14-4-2-3-5-15(14)20/h2-9,20H,10-11H2,1H3,(H,17,18). The highest BCUT2D eigenvalue weighted by molar-refractivity contribution is 7.80. The van der Waals surface area contributed by atoms with Crippen LogP contribution >= 0.6 is 12.6 Å². The Bertz CT molecular complexity index is 581. The van der Waals surface area contributed by atoms with Crippen LogP contribution in [0.25, 0.3) is 0 Å². The number of nitrogens with one attached hydrogen (secondary N) is 1. The first-order chi connectivity index (χ1) is 9.70. The molecule has 0 bridgehead atoms. The summed E-state index contributed by atoms with van der Waals surface area (Å²) in [6, 6.07) is 15.1. The second kappa shape index (κ2) is 7.01. The molecule has 2 rings (SSSR count). The van der Waals surface area contributed by atoms with Crippen molar-refractivity contribution < 1.29 is 9.53 Å². The average molecular weight is 287 g/mol. The Hall–Kier alpha value is -1.94. The molecule has 3 nitrogen and oxygen atoms in total. The van der Waals surface area contributed by atoms with Crippen molar-refractivity contribution in [3.63, 3.8) is 0 Å². The Morgan fingerprint density at radius 1 is 1.15 bits per heavy atom. The molecule has 0 aliphatic heterocycles. The molecule has 104 valence electrons. The van der Waals surface area contributed by atoms with Crippen molar-refractivity contribution in [1.29, 1.82) is 0 Å². The molecule has 2 aromatic carbocycles. The van der Waals surface area contributed by atoms with Crippen LogP contribution in [0, 0.1) is 0 Å². The van der Waals surface area contributed by atoms with Gasteiger partial charge in [0.2, 0.25) is 0 Å². The summed E-state index contributed by atoms with van der Waals surface area (Å²) in [6.45, 7) is 0.591.